The smallest absolute Gasteiger partial charge is 0.213 e. The maximum Gasteiger partial charge on any atom is 0.213 e. The molecule has 0 aromatic carbocycles. The zero-order valence-electron chi connectivity index (χ0n) is 18.2. The molecule has 0 unspecified atom stereocenters. The van der Waals surface area contributed by atoms with Gasteiger partial charge in [0.1, 0.15) is 23.4 Å². The Labute approximate surface area is 196 Å². The maximum atomic E-state index is 13.3. The number of hydrogen-bond acceptors (Lipinski definition) is 10. The zero-order chi connectivity index (χ0) is 24.0. The minimum absolute atomic E-state index is 0.136. The molecule has 0 fully saturated rings. The number of rotatable bonds is 10. The summed E-state index contributed by atoms with van der Waals surface area (Å²) in [6, 6.07) is 7.17. The Balaban J connectivity index is 1.94. The van der Waals surface area contributed by atoms with E-state index in [0.717, 1.165) is 0 Å². The Morgan fingerprint density at radius 3 is 2.58 bits per heavy atom. The fourth-order valence-corrected chi connectivity index (χ4v) is 4.70. The molecule has 0 N–H and O–H groups in total. The number of nitrogens with zero attached hydrogens (tertiary/aromatic N) is 7. The van der Waals surface area contributed by atoms with E-state index in [-0.39, 0.29) is 24.6 Å². The van der Waals surface area contributed by atoms with Gasteiger partial charge in [-0.15, -0.1) is 10.2 Å². The molecule has 3 aromatic heterocycles. The van der Waals surface area contributed by atoms with Crippen molar-refractivity contribution in [2.24, 2.45) is 0 Å². The van der Waals surface area contributed by atoms with Crippen LogP contribution in [0.2, 0.25) is 5.02 Å². The van der Waals surface area contributed by atoms with E-state index >= 15 is 0 Å². The van der Waals surface area contributed by atoms with Crippen LogP contribution in [-0.4, -0.2) is 57.6 Å². The molecule has 0 saturated heterocycles. The van der Waals surface area contributed by atoms with Crippen molar-refractivity contribution in [3.05, 3.63) is 47.3 Å². The van der Waals surface area contributed by atoms with Crippen LogP contribution in [-0.2, 0) is 26.9 Å². The second kappa shape index (κ2) is 10.7. The van der Waals surface area contributed by atoms with Crippen molar-refractivity contribution < 1.29 is 17.9 Å². The van der Waals surface area contributed by atoms with Gasteiger partial charge in [0.15, 0.2) is 21.5 Å². The molecule has 0 aliphatic rings. The van der Waals surface area contributed by atoms with Crippen LogP contribution in [0, 0.1) is 11.3 Å². The third kappa shape index (κ3) is 5.62. The summed E-state index contributed by atoms with van der Waals surface area (Å²) in [4.78, 5) is 12.5. The highest BCUT2D eigenvalue weighted by Gasteiger charge is 2.34. The zero-order valence-corrected chi connectivity index (χ0v) is 19.8. The number of nitriles is 1. The van der Waals surface area contributed by atoms with Gasteiger partial charge in [0.2, 0.25) is 5.88 Å². The Bertz CT molecular complexity index is 1240. The van der Waals surface area contributed by atoms with Crippen LogP contribution >= 0.6 is 11.6 Å². The Kier molecular flexibility index (Phi) is 7.91. The normalized spacial score (nSPS) is 13.3. The topological polar surface area (TPSA) is 146 Å². The summed E-state index contributed by atoms with van der Waals surface area (Å²) in [6.45, 7) is 1.72. The molecule has 174 valence electrons. The minimum Gasteiger partial charge on any atom is -0.481 e. The van der Waals surface area contributed by atoms with Crippen molar-refractivity contribution >= 4 is 21.4 Å². The molecule has 0 radical (unpaired) electrons. The molecule has 0 spiro atoms. The predicted octanol–water partition coefficient (Wildman–Crippen LogP) is 2.40. The first-order valence-electron chi connectivity index (χ1n) is 9.83. The highest BCUT2D eigenvalue weighted by molar-refractivity contribution is 7.91. The monoisotopic (exact) mass is 491 g/mol. The lowest BCUT2D eigenvalue weighted by atomic mass is 10.2. The van der Waals surface area contributed by atoms with E-state index in [1.165, 1.54) is 33.5 Å². The third-order valence-electron chi connectivity index (χ3n) is 4.91. The van der Waals surface area contributed by atoms with Crippen molar-refractivity contribution in [3.8, 4) is 23.5 Å². The van der Waals surface area contributed by atoms with Gasteiger partial charge in [-0.1, -0.05) is 17.7 Å². The summed E-state index contributed by atoms with van der Waals surface area (Å²) >= 11 is 5.83. The largest absolute Gasteiger partial charge is 0.481 e. The van der Waals surface area contributed by atoms with E-state index in [1.54, 1.807) is 22.8 Å². The summed E-state index contributed by atoms with van der Waals surface area (Å²) in [6.07, 6.45) is 1.97. The molecule has 0 saturated carbocycles. The predicted molar refractivity (Wildman–Crippen MR) is 119 cm³/mol. The lowest BCUT2D eigenvalue weighted by Crippen LogP contribution is -2.30. The van der Waals surface area contributed by atoms with Crippen LogP contribution in [0.4, 0.5) is 0 Å². The molecule has 0 amide bonds. The number of aromatic nitrogens is 6. The fraction of sp³-hybridized carbons (Fsp3) is 0.400. The van der Waals surface area contributed by atoms with Crippen LogP contribution in [0.1, 0.15) is 31.1 Å². The van der Waals surface area contributed by atoms with E-state index in [1.807, 2.05) is 0 Å². The Morgan fingerprint density at radius 2 is 1.94 bits per heavy atom. The van der Waals surface area contributed by atoms with Gasteiger partial charge in [-0.25, -0.2) is 23.4 Å². The van der Waals surface area contributed by atoms with E-state index in [2.05, 4.69) is 31.2 Å². The van der Waals surface area contributed by atoms with E-state index < -0.39 is 26.9 Å². The van der Waals surface area contributed by atoms with E-state index in [4.69, 9.17) is 26.3 Å². The lowest BCUT2D eigenvalue weighted by molar-refractivity contribution is 0.0948. The molecule has 13 heteroatoms. The molecular formula is C20H22ClN7O4S. The minimum atomic E-state index is -3.80. The molecule has 0 bridgehead atoms. The summed E-state index contributed by atoms with van der Waals surface area (Å²) < 4.78 is 38.7. The Morgan fingerprint density at radius 1 is 1.21 bits per heavy atom. The van der Waals surface area contributed by atoms with Crippen molar-refractivity contribution in [2.45, 2.75) is 37.0 Å². The number of ether oxygens (including phenoxy) is 2. The molecule has 0 aliphatic heterocycles. The van der Waals surface area contributed by atoms with E-state index in [0.29, 0.717) is 22.4 Å². The molecule has 0 aliphatic carbocycles. The molecule has 2 atom stereocenters. The van der Waals surface area contributed by atoms with Gasteiger partial charge in [0.25, 0.3) is 0 Å². The Hall–Kier alpha value is -3.14. The summed E-state index contributed by atoms with van der Waals surface area (Å²) in [5.41, 5.74) is 0.445. The first kappa shape index (κ1) is 24.5. The summed E-state index contributed by atoms with van der Waals surface area (Å²) in [7, 11) is -0.927. The third-order valence-corrected chi connectivity index (χ3v) is 7.14. The number of hydrogen-bond donors (Lipinski definition) is 0. The molecule has 33 heavy (non-hydrogen) atoms. The molecule has 3 heterocycles. The molecule has 11 nitrogen and oxygen atoms in total. The maximum absolute atomic E-state index is 13.3. The fourth-order valence-electron chi connectivity index (χ4n) is 3.16. The number of halogens is 1. The van der Waals surface area contributed by atoms with Crippen molar-refractivity contribution in [1.29, 1.82) is 5.26 Å². The number of methoxy groups -OCH3 is 2. The quantitative estimate of drug-likeness (QED) is 0.414. The van der Waals surface area contributed by atoms with Gasteiger partial charge >= 0.3 is 0 Å². The second-order valence-corrected chi connectivity index (χ2v) is 9.79. The van der Waals surface area contributed by atoms with Gasteiger partial charge in [-0.3, -0.25) is 0 Å². The summed E-state index contributed by atoms with van der Waals surface area (Å²) in [5, 5.41) is 16.6. The molecule has 3 rings (SSSR count). The average molecular weight is 492 g/mol. The van der Waals surface area contributed by atoms with Crippen molar-refractivity contribution in [2.75, 3.05) is 14.2 Å². The first-order valence-corrected chi connectivity index (χ1v) is 11.9. The summed E-state index contributed by atoms with van der Waals surface area (Å²) in [5.74, 6) is 0.667. The molecular weight excluding hydrogens is 470 g/mol. The highest BCUT2D eigenvalue weighted by atomic mass is 35.5. The van der Waals surface area contributed by atoms with Crippen LogP contribution in [0.25, 0.3) is 11.5 Å². The van der Waals surface area contributed by atoms with Crippen LogP contribution < -0.4 is 4.74 Å². The number of sulfone groups is 1. The van der Waals surface area contributed by atoms with Gasteiger partial charge in [0, 0.05) is 32.1 Å². The van der Waals surface area contributed by atoms with Crippen LogP contribution in [0.15, 0.2) is 30.6 Å². The first-order chi connectivity index (χ1) is 15.8. The van der Waals surface area contributed by atoms with E-state index in [9.17, 15) is 8.42 Å². The van der Waals surface area contributed by atoms with Gasteiger partial charge in [-0.05, 0) is 13.0 Å². The molecule has 3 aromatic rings. The van der Waals surface area contributed by atoms with Gasteiger partial charge in [0.05, 0.1) is 29.9 Å². The lowest BCUT2D eigenvalue weighted by Gasteiger charge is -2.21. The van der Waals surface area contributed by atoms with Crippen molar-refractivity contribution in [1.82, 2.24) is 29.7 Å². The van der Waals surface area contributed by atoms with Crippen LogP contribution in [0.5, 0.6) is 5.88 Å². The van der Waals surface area contributed by atoms with Gasteiger partial charge < -0.3 is 14.0 Å². The SMILES string of the molecule is COc1cccc(-c2nnc(CS(=O)(=O)[C@@H](C)[C@H](OC)c3ncc(Cl)cn3)n2CCC#N)n1. The average Bonchev–Trinajstić information content (AvgIpc) is 3.20. The second-order valence-electron chi connectivity index (χ2n) is 6.99. The van der Waals surface area contributed by atoms with Gasteiger partial charge in [-0.2, -0.15) is 5.26 Å². The standard InChI is InChI=1S/C20H22ClN7O4S/c1-13(18(32-3)19-23-10-14(21)11-24-19)33(29,30)12-16-26-27-20(28(16)9-5-8-22)15-6-4-7-17(25-15)31-2/h4,6-7,10-11,13,18H,5,9,12H2,1-3H3/t13-,18-/m0/s1. The number of pyridine rings is 1. The highest BCUT2D eigenvalue weighted by Crippen LogP contribution is 2.27. The van der Waals surface area contributed by atoms with Crippen LogP contribution in [0.3, 0.4) is 0 Å². The van der Waals surface area contributed by atoms with Crippen molar-refractivity contribution in [3.63, 3.8) is 0 Å².